The summed E-state index contributed by atoms with van der Waals surface area (Å²) in [6.45, 7) is 1.83. The number of thiophene rings is 1. The van der Waals surface area contributed by atoms with Crippen molar-refractivity contribution in [3.63, 3.8) is 0 Å². The number of nitrogens with one attached hydrogen (secondary N) is 2. The minimum Gasteiger partial charge on any atom is -0.497 e. The Morgan fingerprint density at radius 2 is 1.95 bits per heavy atom. The second-order valence-corrected chi connectivity index (χ2v) is 13.2. The molecule has 3 rings (SSSR count). The number of amides is 1. The molecule has 1 aromatic heterocycles. The first-order valence-corrected chi connectivity index (χ1v) is 15.8. The van der Waals surface area contributed by atoms with Gasteiger partial charge in [0, 0.05) is 17.4 Å². The second kappa shape index (κ2) is 12.7. The summed E-state index contributed by atoms with van der Waals surface area (Å²) in [5.74, 6) is -0.565. The average Bonchev–Trinajstić information content (AvgIpc) is 3.32. The number of aryl methyl sites for hydroxylation is 1. The van der Waals surface area contributed by atoms with Gasteiger partial charge in [0.15, 0.2) is 0 Å². The van der Waals surface area contributed by atoms with Gasteiger partial charge >= 0.3 is 5.97 Å². The third-order valence-electron chi connectivity index (χ3n) is 5.35. The first kappa shape index (κ1) is 29.6. The molecule has 1 amide bonds. The van der Waals surface area contributed by atoms with Gasteiger partial charge in [0.2, 0.25) is 15.7 Å². The minimum atomic E-state index is -3.93. The molecule has 3 aromatic rings. The van der Waals surface area contributed by atoms with Crippen LogP contribution in [0.3, 0.4) is 0 Å². The number of ether oxygens (including phenoxy) is 1. The van der Waals surface area contributed by atoms with Crippen molar-refractivity contribution in [1.82, 2.24) is 0 Å². The van der Waals surface area contributed by atoms with E-state index in [9.17, 15) is 18.0 Å². The first-order valence-electron chi connectivity index (χ1n) is 11.1. The quantitative estimate of drug-likeness (QED) is 0.101. The summed E-state index contributed by atoms with van der Waals surface area (Å²) in [5.41, 5.74) is 8.01. The average molecular weight is 594 g/mol. The van der Waals surface area contributed by atoms with Crippen LogP contribution in [0.2, 0.25) is 0 Å². The van der Waals surface area contributed by atoms with Gasteiger partial charge in [-0.05, 0) is 48.6 Å². The van der Waals surface area contributed by atoms with E-state index >= 15 is 0 Å². The van der Waals surface area contributed by atoms with E-state index in [-0.39, 0.29) is 33.7 Å². The molecule has 0 aliphatic heterocycles. The molecule has 0 radical (unpaired) electrons. The predicted molar refractivity (Wildman–Crippen MR) is 154 cm³/mol. The number of aliphatic carboxylic acids is 1. The van der Waals surface area contributed by atoms with Gasteiger partial charge < -0.3 is 20.9 Å². The summed E-state index contributed by atoms with van der Waals surface area (Å²) in [6, 6.07) is 11.3. The molecular weight excluding hydrogens is 567 g/mol. The van der Waals surface area contributed by atoms with E-state index in [1.54, 1.807) is 36.6 Å². The van der Waals surface area contributed by atoms with Gasteiger partial charge in [-0.1, -0.05) is 12.1 Å². The normalized spacial score (nSPS) is 11.2. The van der Waals surface area contributed by atoms with Crippen molar-refractivity contribution in [2.45, 2.75) is 27.3 Å². The molecule has 0 saturated carbocycles. The van der Waals surface area contributed by atoms with Crippen LogP contribution in [0.4, 0.5) is 5.69 Å². The number of sulfone groups is 1. The van der Waals surface area contributed by atoms with Gasteiger partial charge in [0.25, 0.3) is 0 Å². The molecule has 2 aromatic carbocycles. The number of nitrogen functional groups attached to an aromatic ring is 1. The molecule has 0 aliphatic carbocycles. The molecular formula is C25H27N3O6S4. The van der Waals surface area contributed by atoms with Crippen LogP contribution in [0.15, 0.2) is 56.5 Å². The molecule has 0 bridgehead atoms. The summed E-state index contributed by atoms with van der Waals surface area (Å²) in [5, 5.41) is 19.3. The van der Waals surface area contributed by atoms with Crippen molar-refractivity contribution < 1.29 is 27.9 Å². The van der Waals surface area contributed by atoms with Gasteiger partial charge in [-0.3, -0.25) is 15.0 Å². The topological polar surface area (TPSA) is 160 Å². The monoisotopic (exact) mass is 593 g/mol. The van der Waals surface area contributed by atoms with Crippen LogP contribution in [0.5, 0.6) is 5.75 Å². The molecule has 0 atom stereocenters. The molecule has 0 saturated heterocycles. The zero-order valence-corrected chi connectivity index (χ0v) is 24.1. The lowest BCUT2D eigenvalue weighted by Crippen LogP contribution is -2.16. The van der Waals surface area contributed by atoms with Crippen LogP contribution in [-0.4, -0.2) is 56.1 Å². The highest BCUT2D eigenvalue weighted by Crippen LogP contribution is 2.40. The lowest BCUT2D eigenvalue weighted by atomic mass is 9.98. The predicted octanol–water partition coefficient (Wildman–Crippen LogP) is 4.72. The van der Waals surface area contributed by atoms with Crippen LogP contribution in [-0.2, 0) is 19.4 Å². The fourth-order valence-corrected chi connectivity index (χ4v) is 8.25. The van der Waals surface area contributed by atoms with E-state index in [1.807, 2.05) is 6.92 Å². The number of methoxy groups -OCH3 is 1. The number of rotatable bonds is 12. The van der Waals surface area contributed by atoms with E-state index in [4.69, 9.17) is 21.0 Å². The summed E-state index contributed by atoms with van der Waals surface area (Å²) < 4.78 is 33.2. The maximum absolute atomic E-state index is 13.6. The third kappa shape index (κ3) is 6.90. The maximum Gasteiger partial charge on any atom is 0.304 e. The lowest BCUT2D eigenvalue weighted by Gasteiger charge is -2.17. The van der Waals surface area contributed by atoms with E-state index < -0.39 is 15.8 Å². The number of carbonyl (C=O) groups is 2. The molecule has 202 valence electrons. The van der Waals surface area contributed by atoms with Gasteiger partial charge in [0.1, 0.15) is 11.6 Å². The second-order valence-electron chi connectivity index (χ2n) is 8.02. The van der Waals surface area contributed by atoms with Crippen molar-refractivity contribution in [1.29, 1.82) is 5.41 Å². The van der Waals surface area contributed by atoms with Gasteiger partial charge in [0.05, 0.1) is 43.8 Å². The molecule has 0 fully saturated rings. The summed E-state index contributed by atoms with van der Waals surface area (Å²) in [7, 11) is -2.43. The maximum atomic E-state index is 13.6. The zero-order chi connectivity index (χ0) is 28.0. The molecule has 13 heteroatoms. The van der Waals surface area contributed by atoms with Crippen molar-refractivity contribution in [3.8, 4) is 16.9 Å². The van der Waals surface area contributed by atoms with E-state index in [2.05, 4.69) is 5.32 Å². The summed E-state index contributed by atoms with van der Waals surface area (Å²) in [6.07, 6.45) is 1.72. The molecule has 0 aliphatic rings. The van der Waals surface area contributed by atoms with Crippen molar-refractivity contribution in [2.24, 2.45) is 5.73 Å². The van der Waals surface area contributed by atoms with Gasteiger partial charge in [-0.2, -0.15) is 11.8 Å². The Labute approximate surface area is 233 Å². The number of anilines is 1. The van der Waals surface area contributed by atoms with Crippen LogP contribution in [0.25, 0.3) is 11.1 Å². The Hall–Kier alpha value is -3.00. The zero-order valence-electron chi connectivity index (χ0n) is 20.9. The number of carboxylic acid groups (broad SMARTS) is 1. The minimum absolute atomic E-state index is 0.0426. The Balaban J connectivity index is 2.01. The fourth-order valence-electron chi connectivity index (χ4n) is 3.63. The Kier molecular flexibility index (Phi) is 9.88. The van der Waals surface area contributed by atoms with Crippen molar-refractivity contribution in [3.05, 3.63) is 52.9 Å². The highest BCUT2D eigenvalue weighted by molar-refractivity contribution is 8.01. The number of hydrogen-bond donors (Lipinski definition) is 4. The Bertz CT molecular complexity index is 1480. The van der Waals surface area contributed by atoms with E-state index in [1.165, 1.54) is 42.8 Å². The number of hydrogen-bond acceptors (Lipinski definition) is 9. The van der Waals surface area contributed by atoms with E-state index in [0.29, 0.717) is 37.4 Å². The molecule has 0 unspecified atom stereocenters. The SMILES string of the molecule is COc1cc(C)c(-c2cccc(S(=O)(=O)c3cc(C(=N)N)sc3SC)c2)c(NC(=O)CSCCC(=O)O)c1. The van der Waals surface area contributed by atoms with Crippen molar-refractivity contribution >= 4 is 68.1 Å². The van der Waals surface area contributed by atoms with Gasteiger partial charge in [-0.15, -0.1) is 23.1 Å². The Morgan fingerprint density at radius 1 is 1.21 bits per heavy atom. The first-order chi connectivity index (χ1) is 18.0. The smallest absolute Gasteiger partial charge is 0.304 e. The Morgan fingerprint density at radius 3 is 2.58 bits per heavy atom. The van der Waals surface area contributed by atoms with Crippen LogP contribution < -0.4 is 15.8 Å². The molecule has 38 heavy (non-hydrogen) atoms. The molecule has 0 spiro atoms. The van der Waals surface area contributed by atoms with Gasteiger partial charge in [-0.25, -0.2) is 8.42 Å². The van der Waals surface area contributed by atoms with Crippen LogP contribution in [0.1, 0.15) is 16.9 Å². The largest absolute Gasteiger partial charge is 0.497 e. The number of thioether (sulfide) groups is 2. The van der Waals surface area contributed by atoms with Crippen LogP contribution in [0, 0.1) is 12.3 Å². The fraction of sp³-hybridized carbons (Fsp3) is 0.240. The highest BCUT2D eigenvalue weighted by atomic mass is 32.2. The molecule has 5 N–H and O–H groups in total. The van der Waals surface area contributed by atoms with Crippen molar-refractivity contribution in [2.75, 3.05) is 30.2 Å². The highest BCUT2D eigenvalue weighted by Gasteiger charge is 2.26. The molecule has 9 nitrogen and oxygen atoms in total. The molecule has 1 heterocycles. The standard InChI is InChI=1S/C25H27N3O6S4/c1-14-9-16(34-2)11-18(28-21(29)13-36-8-7-22(30)31)23(14)15-5-4-6-17(10-15)38(32,33)20-12-19(24(26)27)37-25(20)35-3/h4-6,9-12H,7-8,13H2,1-3H3,(H3,26,27)(H,28,29)(H,30,31). The number of carboxylic acids is 1. The number of nitrogens with two attached hydrogens (primary N) is 1. The number of amidine groups is 1. The number of carbonyl (C=O) groups excluding carboxylic acids is 1. The summed E-state index contributed by atoms with van der Waals surface area (Å²) >= 11 is 3.63. The number of benzene rings is 2. The lowest BCUT2D eigenvalue weighted by molar-refractivity contribution is -0.136. The summed E-state index contributed by atoms with van der Waals surface area (Å²) in [4.78, 5) is 23.9. The third-order valence-corrected chi connectivity index (χ3v) is 10.6. The van der Waals surface area contributed by atoms with E-state index in [0.717, 1.165) is 16.9 Å². The van der Waals surface area contributed by atoms with Crippen LogP contribution >= 0.6 is 34.9 Å².